The lowest BCUT2D eigenvalue weighted by molar-refractivity contribution is 0.604. The van der Waals surface area contributed by atoms with Crippen LogP contribution in [0.4, 0.5) is 5.82 Å². The van der Waals surface area contributed by atoms with Gasteiger partial charge in [-0.05, 0) is 12.5 Å². The molecule has 17 heavy (non-hydrogen) atoms. The van der Waals surface area contributed by atoms with Crippen molar-refractivity contribution in [1.29, 1.82) is 5.26 Å². The third-order valence-corrected chi connectivity index (χ3v) is 2.92. The number of nitrogens with zero attached hydrogens (tertiary/aromatic N) is 4. The van der Waals surface area contributed by atoms with Gasteiger partial charge in [-0.1, -0.05) is 30.3 Å². The molecule has 1 atom stereocenters. The molecular formula is C13H10N4. The molecule has 2 aromatic rings. The van der Waals surface area contributed by atoms with E-state index in [1.807, 2.05) is 48.0 Å². The minimum absolute atomic E-state index is 0.0189. The first-order valence-corrected chi connectivity index (χ1v) is 5.42. The molecule has 0 saturated carbocycles. The van der Waals surface area contributed by atoms with E-state index in [9.17, 15) is 5.26 Å². The van der Waals surface area contributed by atoms with E-state index in [0.29, 0.717) is 11.4 Å². The predicted molar refractivity (Wildman–Crippen MR) is 63.8 cm³/mol. The minimum Gasteiger partial charge on any atom is -0.305 e. The van der Waals surface area contributed by atoms with Crippen molar-refractivity contribution in [3.05, 3.63) is 42.1 Å². The second kappa shape index (κ2) is 3.56. The van der Waals surface area contributed by atoms with Crippen LogP contribution in [0, 0.1) is 11.3 Å². The first-order chi connectivity index (χ1) is 8.31. The van der Waals surface area contributed by atoms with Gasteiger partial charge in [0.2, 0.25) is 0 Å². The van der Waals surface area contributed by atoms with Crippen molar-refractivity contribution >= 4 is 5.82 Å². The molecule has 0 saturated heterocycles. The first kappa shape index (κ1) is 9.79. The lowest BCUT2D eigenvalue weighted by Gasteiger charge is -2.00. The summed E-state index contributed by atoms with van der Waals surface area (Å²) in [7, 11) is 0. The number of aromatic nitrogens is 1. The highest BCUT2D eigenvalue weighted by molar-refractivity contribution is 5.76. The van der Waals surface area contributed by atoms with Crippen LogP contribution in [0.2, 0.25) is 0 Å². The summed E-state index contributed by atoms with van der Waals surface area (Å²) in [5, 5.41) is 17.4. The molecule has 1 aromatic carbocycles. The fraction of sp³-hybridized carbons (Fsp3) is 0.154. The van der Waals surface area contributed by atoms with Gasteiger partial charge in [0.05, 0.1) is 0 Å². The van der Waals surface area contributed by atoms with E-state index in [0.717, 1.165) is 11.1 Å². The zero-order valence-corrected chi connectivity index (χ0v) is 9.33. The van der Waals surface area contributed by atoms with Gasteiger partial charge >= 0.3 is 0 Å². The van der Waals surface area contributed by atoms with Crippen molar-refractivity contribution in [1.82, 2.24) is 4.57 Å². The van der Waals surface area contributed by atoms with Crippen LogP contribution >= 0.6 is 0 Å². The van der Waals surface area contributed by atoms with E-state index in [1.165, 1.54) is 0 Å². The predicted octanol–water partition coefficient (Wildman–Crippen LogP) is 3.64. The maximum absolute atomic E-state index is 9.25. The number of fused-ring (bicyclic) bond motifs is 1. The minimum atomic E-state index is -0.0189. The summed E-state index contributed by atoms with van der Waals surface area (Å²) in [4.78, 5) is 0. The van der Waals surface area contributed by atoms with Gasteiger partial charge in [0, 0.05) is 11.8 Å². The van der Waals surface area contributed by atoms with E-state index in [4.69, 9.17) is 0 Å². The normalized spacial score (nSPS) is 16.8. The Kier molecular flexibility index (Phi) is 2.05. The van der Waals surface area contributed by atoms with E-state index in [1.54, 1.807) is 0 Å². The topological polar surface area (TPSA) is 53.4 Å². The summed E-state index contributed by atoms with van der Waals surface area (Å²) in [6.45, 7) is 1.95. The smallest absolute Gasteiger partial charge is 0.175 e. The summed E-state index contributed by atoms with van der Waals surface area (Å²) >= 11 is 0. The molecule has 0 aliphatic carbocycles. The Balaban J connectivity index is 2.24. The molecule has 0 fully saturated rings. The summed E-state index contributed by atoms with van der Waals surface area (Å²) in [6.07, 6.45) is 1.93. The lowest BCUT2D eigenvalue weighted by Crippen LogP contribution is -1.93. The summed E-state index contributed by atoms with van der Waals surface area (Å²) < 4.78 is 1.93. The fourth-order valence-electron chi connectivity index (χ4n) is 2.04. The summed E-state index contributed by atoms with van der Waals surface area (Å²) in [6, 6.07) is 12.1. The molecule has 0 spiro atoms. The van der Waals surface area contributed by atoms with Crippen LogP contribution in [-0.4, -0.2) is 4.57 Å². The Hall–Kier alpha value is -2.41. The van der Waals surface area contributed by atoms with Gasteiger partial charge in [-0.3, -0.25) is 0 Å². The zero-order chi connectivity index (χ0) is 11.8. The number of rotatable bonds is 1. The largest absolute Gasteiger partial charge is 0.305 e. The fourth-order valence-corrected chi connectivity index (χ4v) is 2.04. The standard InChI is InChI=1S/C13H10N4/c1-9-15-16-13-11(7-14)12(8-17(9)13)10-5-3-2-4-6-10/h2-6,8-9H,1H3. The number of hydrogen-bond donors (Lipinski definition) is 0. The number of nitriles is 1. The van der Waals surface area contributed by atoms with Crippen molar-refractivity contribution in [2.24, 2.45) is 10.2 Å². The number of benzene rings is 1. The zero-order valence-electron chi connectivity index (χ0n) is 9.33. The monoisotopic (exact) mass is 222 g/mol. The molecule has 0 radical (unpaired) electrons. The molecule has 1 aliphatic heterocycles. The Morgan fingerprint density at radius 2 is 2.06 bits per heavy atom. The van der Waals surface area contributed by atoms with Gasteiger partial charge in [0.15, 0.2) is 5.82 Å². The highest BCUT2D eigenvalue weighted by atomic mass is 15.4. The molecule has 1 aliphatic rings. The molecule has 1 aromatic heterocycles. The highest BCUT2D eigenvalue weighted by Crippen LogP contribution is 2.38. The van der Waals surface area contributed by atoms with Gasteiger partial charge in [-0.25, -0.2) is 0 Å². The van der Waals surface area contributed by atoms with Crippen LogP contribution in [0.5, 0.6) is 0 Å². The first-order valence-electron chi connectivity index (χ1n) is 5.42. The van der Waals surface area contributed by atoms with Crippen molar-refractivity contribution < 1.29 is 0 Å². The van der Waals surface area contributed by atoms with Crippen molar-refractivity contribution in [2.45, 2.75) is 13.1 Å². The van der Waals surface area contributed by atoms with Crippen LogP contribution in [0.3, 0.4) is 0 Å². The molecular weight excluding hydrogens is 212 g/mol. The van der Waals surface area contributed by atoms with Crippen LogP contribution in [-0.2, 0) is 0 Å². The molecule has 3 rings (SSSR count). The molecule has 0 bridgehead atoms. The van der Waals surface area contributed by atoms with Gasteiger partial charge in [-0.15, -0.1) is 5.11 Å². The maximum atomic E-state index is 9.25. The molecule has 1 unspecified atom stereocenters. The SMILES string of the molecule is CC1N=Nc2c(C#N)c(-c3ccccc3)cn21. The van der Waals surface area contributed by atoms with E-state index >= 15 is 0 Å². The van der Waals surface area contributed by atoms with E-state index in [-0.39, 0.29) is 6.17 Å². The second-order valence-electron chi connectivity index (χ2n) is 3.97. The Labute approximate surface area is 98.8 Å². The van der Waals surface area contributed by atoms with Crippen molar-refractivity contribution in [3.63, 3.8) is 0 Å². The van der Waals surface area contributed by atoms with E-state index < -0.39 is 0 Å². The van der Waals surface area contributed by atoms with E-state index in [2.05, 4.69) is 16.3 Å². The third-order valence-electron chi connectivity index (χ3n) is 2.92. The molecule has 82 valence electrons. The molecule has 0 amide bonds. The highest BCUT2D eigenvalue weighted by Gasteiger charge is 2.23. The van der Waals surface area contributed by atoms with Crippen LogP contribution in [0.15, 0.2) is 46.8 Å². The number of hydrogen-bond acceptors (Lipinski definition) is 3. The maximum Gasteiger partial charge on any atom is 0.175 e. The average molecular weight is 222 g/mol. The van der Waals surface area contributed by atoms with Gasteiger partial charge in [0.25, 0.3) is 0 Å². The molecule has 4 nitrogen and oxygen atoms in total. The number of azo groups is 1. The Morgan fingerprint density at radius 1 is 1.29 bits per heavy atom. The molecule has 2 heterocycles. The Bertz CT molecular complexity index is 631. The lowest BCUT2D eigenvalue weighted by atomic mass is 10.1. The van der Waals surface area contributed by atoms with Gasteiger partial charge < -0.3 is 4.57 Å². The average Bonchev–Trinajstić information content (AvgIpc) is 2.90. The second-order valence-corrected chi connectivity index (χ2v) is 3.97. The van der Waals surface area contributed by atoms with Crippen LogP contribution in [0.25, 0.3) is 11.1 Å². The summed E-state index contributed by atoms with van der Waals surface area (Å²) in [5.74, 6) is 0.666. The third kappa shape index (κ3) is 1.36. The van der Waals surface area contributed by atoms with Crippen molar-refractivity contribution in [3.8, 4) is 17.2 Å². The molecule has 0 N–H and O–H groups in total. The summed E-state index contributed by atoms with van der Waals surface area (Å²) in [5.41, 5.74) is 2.56. The quantitative estimate of drug-likeness (QED) is 0.726. The van der Waals surface area contributed by atoms with Gasteiger partial charge in [0.1, 0.15) is 17.8 Å². The van der Waals surface area contributed by atoms with Crippen LogP contribution in [0.1, 0.15) is 18.7 Å². The van der Waals surface area contributed by atoms with Crippen molar-refractivity contribution in [2.75, 3.05) is 0 Å². The Morgan fingerprint density at radius 3 is 2.76 bits per heavy atom. The van der Waals surface area contributed by atoms with Gasteiger partial charge in [-0.2, -0.15) is 10.4 Å². The van der Waals surface area contributed by atoms with Crippen LogP contribution < -0.4 is 0 Å². The molecule has 4 heteroatoms.